The molecule has 0 heterocycles. The van der Waals surface area contributed by atoms with Crippen LogP contribution in [0.2, 0.25) is 0 Å². The van der Waals surface area contributed by atoms with Gasteiger partial charge in [-0.3, -0.25) is 0 Å². The van der Waals surface area contributed by atoms with Crippen molar-refractivity contribution in [3.05, 3.63) is 34.9 Å². The van der Waals surface area contributed by atoms with Crippen molar-refractivity contribution in [1.82, 2.24) is 0 Å². The van der Waals surface area contributed by atoms with Gasteiger partial charge in [-0.05, 0) is 104 Å². The molecule has 0 aromatic heterocycles. The summed E-state index contributed by atoms with van der Waals surface area (Å²) >= 11 is 0. The summed E-state index contributed by atoms with van der Waals surface area (Å²) in [4.78, 5) is 0. The molecular formula is C24H34O2. The van der Waals surface area contributed by atoms with Gasteiger partial charge in [-0.2, -0.15) is 0 Å². The Balaban J connectivity index is 1.59. The van der Waals surface area contributed by atoms with Crippen molar-refractivity contribution in [2.45, 2.75) is 88.8 Å². The van der Waals surface area contributed by atoms with Crippen molar-refractivity contribution in [3.8, 4) is 0 Å². The standard InChI is InChI=1S/C24H34O2/c1-3-15(2)18-10-21(23(25)13-16-4-6-19(23)8-16)12-22(11-18)24(26)14-17-5-7-20(24)9-17/h10-12,15-17,19-20,25-26H,3-9,13-14H2,1-2H3. The molecule has 2 heteroatoms. The van der Waals surface area contributed by atoms with Crippen LogP contribution in [0.3, 0.4) is 0 Å². The normalized spacial score (nSPS) is 44.8. The molecule has 1 aromatic carbocycles. The van der Waals surface area contributed by atoms with Gasteiger partial charge in [0.05, 0.1) is 11.2 Å². The van der Waals surface area contributed by atoms with Crippen molar-refractivity contribution in [1.29, 1.82) is 0 Å². The first kappa shape index (κ1) is 17.3. The zero-order valence-electron chi connectivity index (χ0n) is 16.4. The van der Waals surface area contributed by atoms with Gasteiger partial charge in [0, 0.05) is 0 Å². The molecular weight excluding hydrogens is 320 g/mol. The third-order valence-corrected chi connectivity index (χ3v) is 8.77. The van der Waals surface area contributed by atoms with Crippen LogP contribution in [0.15, 0.2) is 18.2 Å². The highest BCUT2D eigenvalue weighted by molar-refractivity contribution is 5.40. The van der Waals surface area contributed by atoms with E-state index in [1.54, 1.807) is 0 Å². The third-order valence-electron chi connectivity index (χ3n) is 8.77. The van der Waals surface area contributed by atoms with Crippen molar-refractivity contribution in [2.24, 2.45) is 23.7 Å². The zero-order chi connectivity index (χ0) is 18.1. The summed E-state index contributed by atoms with van der Waals surface area (Å²) in [5.41, 5.74) is 2.21. The molecule has 0 aliphatic heterocycles. The Bertz CT molecular complexity index is 660. The Labute approximate surface area is 158 Å². The van der Waals surface area contributed by atoms with Gasteiger partial charge >= 0.3 is 0 Å². The fraction of sp³-hybridized carbons (Fsp3) is 0.750. The monoisotopic (exact) mass is 354 g/mol. The number of hydrogen-bond donors (Lipinski definition) is 2. The van der Waals surface area contributed by atoms with Gasteiger partial charge in [0.2, 0.25) is 0 Å². The molecule has 5 rings (SSSR count). The van der Waals surface area contributed by atoms with Crippen molar-refractivity contribution in [2.75, 3.05) is 0 Å². The molecule has 4 fully saturated rings. The highest BCUT2D eigenvalue weighted by Crippen LogP contribution is 2.58. The second-order valence-electron chi connectivity index (χ2n) is 10.2. The number of benzene rings is 1. The van der Waals surface area contributed by atoms with E-state index in [-0.39, 0.29) is 0 Å². The van der Waals surface area contributed by atoms with Gasteiger partial charge in [-0.1, -0.05) is 32.0 Å². The SMILES string of the molecule is CCC(C)c1cc(C2(O)CC3CCC2C3)cc(C2(O)CC3CCC2C3)c1. The van der Waals surface area contributed by atoms with Gasteiger partial charge in [0.25, 0.3) is 0 Å². The maximum Gasteiger partial charge on any atom is 0.0927 e. The van der Waals surface area contributed by atoms with Crippen LogP contribution < -0.4 is 0 Å². The van der Waals surface area contributed by atoms with Crippen molar-refractivity contribution in [3.63, 3.8) is 0 Å². The Morgan fingerprint density at radius 1 is 0.885 bits per heavy atom. The van der Waals surface area contributed by atoms with Crippen LogP contribution in [0.4, 0.5) is 0 Å². The van der Waals surface area contributed by atoms with Crippen LogP contribution >= 0.6 is 0 Å². The number of rotatable bonds is 4. The van der Waals surface area contributed by atoms with E-state index in [2.05, 4.69) is 32.0 Å². The average Bonchev–Trinajstić information content (AvgIpc) is 3.41. The first-order valence-corrected chi connectivity index (χ1v) is 11.0. The molecule has 4 bridgehead atoms. The molecule has 0 spiro atoms. The average molecular weight is 355 g/mol. The number of aliphatic hydroxyl groups is 2. The van der Waals surface area contributed by atoms with Crippen LogP contribution in [-0.2, 0) is 11.2 Å². The minimum Gasteiger partial charge on any atom is -0.385 e. The first-order chi connectivity index (χ1) is 12.4. The minimum atomic E-state index is -0.658. The van der Waals surface area contributed by atoms with E-state index in [0.29, 0.717) is 29.6 Å². The van der Waals surface area contributed by atoms with Crippen LogP contribution in [0.25, 0.3) is 0 Å². The van der Waals surface area contributed by atoms with E-state index in [9.17, 15) is 10.2 Å². The largest absolute Gasteiger partial charge is 0.385 e. The predicted octanol–water partition coefficient (Wildman–Crippen LogP) is 5.22. The van der Waals surface area contributed by atoms with Gasteiger partial charge in [0.1, 0.15) is 0 Å². The Morgan fingerprint density at radius 2 is 1.38 bits per heavy atom. The maximum absolute atomic E-state index is 11.6. The Kier molecular flexibility index (Phi) is 3.86. The van der Waals surface area contributed by atoms with E-state index >= 15 is 0 Å². The van der Waals surface area contributed by atoms with E-state index in [0.717, 1.165) is 30.4 Å². The molecule has 142 valence electrons. The molecule has 1 aromatic rings. The van der Waals surface area contributed by atoms with Gasteiger partial charge < -0.3 is 10.2 Å². The molecule has 4 saturated carbocycles. The molecule has 4 aliphatic rings. The summed E-state index contributed by atoms with van der Waals surface area (Å²) in [5, 5.41) is 23.3. The lowest BCUT2D eigenvalue weighted by molar-refractivity contribution is -0.0245. The van der Waals surface area contributed by atoms with Gasteiger partial charge in [0.15, 0.2) is 0 Å². The molecule has 0 saturated heterocycles. The summed E-state index contributed by atoms with van der Waals surface area (Å²) in [5.74, 6) is 2.71. The molecule has 2 nitrogen and oxygen atoms in total. The summed E-state index contributed by atoms with van der Waals surface area (Å²) in [7, 11) is 0. The highest BCUT2D eigenvalue weighted by atomic mass is 16.3. The fourth-order valence-electron chi connectivity index (χ4n) is 6.98. The topological polar surface area (TPSA) is 40.5 Å². The Hall–Kier alpha value is -0.860. The summed E-state index contributed by atoms with van der Waals surface area (Å²) in [6.45, 7) is 4.51. The third kappa shape index (κ3) is 2.37. The van der Waals surface area contributed by atoms with E-state index in [4.69, 9.17) is 0 Å². The number of fused-ring (bicyclic) bond motifs is 4. The Morgan fingerprint density at radius 3 is 1.73 bits per heavy atom. The predicted molar refractivity (Wildman–Crippen MR) is 104 cm³/mol. The quantitative estimate of drug-likeness (QED) is 0.779. The van der Waals surface area contributed by atoms with Crippen LogP contribution in [-0.4, -0.2) is 10.2 Å². The van der Waals surface area contributed by atoms with E-state index in [1.807, 2.05) is 0 Å². The van der Waals surface area contributed by atoms with Crippen LogP contribution in [0.5, 0.6) is 0 Å². The smallest absolute Gasteiger partial charge is 0.0927 e. The number of hydrogen-bond acceptors (Lipinski definition) is 2. The van der Waals surface area contributed by atoms with E-state index < -0.39 is 11.2 Å². The molecule has 7 unspecified atom stereocenters. The van der Waals surface area contributed by atoms with Crippen molar-refractivity contribution >= 4 is 0 Å². The summed E-state index contributed by atoms with van der Waals surface area (Å²) < 4.78 is 0. The second kappa shape index (κ2) is 5.82. The lowest BCUT2D eigenvalue weighted by Crippen LogP contribution is -2.35. The molecule has 4 aliphatic carbocycles. The van der Waals surface area contributed by atoms with Gasteiger partial charge in [-0.15, -0.1) is 0 Å². The minimum absolute atomic E-state index is 0.419. The van der Waals surface area contributed by atoms with Crippen LogP contribution in [0.1, 0.15) is 94.2 Å². The summed E-state index contributed by atoms with van der Waals surface area (Å²) in [6, 6.07) is 6.75. The molecule has 26 heavy (non-hydrogen) atoms. The molecule has 0 amide bonds. The van der Waals surface area contributed by atoms with Crippen LogP contribution in [0, 0.1) is 23.7 Å². The first-order valence-electron chi connectivity index (χ1n) is 11.0. The summed E-state index contributed by atoms with van der Waals surface area (Å²) in [6.07, 6.45) is 10.2. The van der Waals surface area contributed by atoms with Crippen molar-refractivity contribution < 1.29 is 10.2 Å². The zero-order valence-corrected chi connectivity index (χ0v) is 16.4. The lowest BCUT2D eigenvalue weighted by atomic mass is 9.73. The lowest BCUT2D eigenvalue weighted by Gasteiger charge is -2.37. The maximum atomic E-state index is 11.6. The second-order valence-corrected chi connectivity index (χ2v) is 10.2. The van der Waals surface area contributed by atoms with E-state index in [1.165, 1.54) is 44.1 Å². The fourth-order valence-corrected chi connectivity index (χ4v) is 6.98. The molecule has 7 atom stereocenters. The molecule has 2 N–H and O–H groups in total. The van der Waals surface area contributed by atoms with Gasteiger partial charge in [-0.25, -0.2) is 0 Å². The highest BCUT2D eigenvalue weighted by Gasteiger charge is 2.53. The molecule has 0 radical (unpaired) electrons.